The van der Waals surface area contributed by atoms with Gasteiger partial charge in [0.25, 0.3) is 0 Å². The van der Waals surface area contributed by atoms with Gasteiger partial charge in [0.15, 0.2) is 0 Å². The minimum absolute atomic E-state index is 0.00131. The Hall–Kier alpha value is -1.69. The molecule has 0 aromatic heterocycles. The number of anilines is 1. The van der Waals surface area contributed by atoms with Crippen LogP contribution in [0.3, 0.4) is 0 Å². The molecule has 2 fully saturated rings. The topological polar surface area (TPSA) is 61.4 Å². The summed E-state index contributed by atoms with van der Waals surface area (Å²) in [7, 11) is 0. The molecule has 24 heavy (non-hydrogen) atoms. The summed E-state index contributed by atoms with van der Waals surface area (Å²) < 4.78 is 0. The third kappa shape index (κ3) is 4.23. The lowest BCUT2D eigenvalue weighted by atomic mass is 10.1. The van der Waals surface area contributed by atoms with Crippen molar-refractivity contribution >= 4 is 29.4 Å². The van der Waals surface area contributed by atoms with Crippen molar-refractivity contribution in [1.29, 1.82) is 0 Å². The first-order valence-electron chi connectivity index (χ1n) is 8.60. The van der Waals surface area contributed by atoms with Crippen LogP contribution in [-0.4, -0.2) is 40.9 Å². The molecule has 1 aromatic rings. The minimum Gasteiger partial charge on any atom is -0.331 e. The van der Waals surface area contributed by atoms with E-state index in [9.17, 15) is 9.59 Å². The third-order valence-corrected chi connectivity index (χ3v) is 5.78. The molecule has 2 unspecified atom stereocenters. The predicted molar refractivity (Wildman–Crippen MR) is 98.2 cm³/mol. The summed E-state index contributed by atoms with van der Waals surface area (Å²) in [6, 6.07) is 7.94. The van der Waals surface area contributed by atoms with Crippen LogP contribution in [0.5, 0.6) is 0 Å². The molecule has 130 valence electrons. The summed E-state index contributed by atoms with van der Waals surface area (Å²) in [4.78, 5) is 26.1. The first-order valence-corrected chi connectivity index (χ1v) is 9.76. The SMILES string of the molecule is CC(NC(=O)N1CCSCC1C)c1ccc(NC(=O)C2CC2)cc1. The van der Waals surface area contributed by atoms with Crippen molar-refractivity contribution in [1.82, 2.24) is 10.2 Å². The Balaban J connectivity index is 1.55. The molecule has 6 heteroatoms. The number of hydrogen-bond acceptors (Lipinski definition) is 3. The molecule has 1 heterocycles. The summed E-state index contributed by atoms with van der Waals surface area (Å²) in [5.74, 6) is 2.31. The molecule has 0 spiro atoms. The number of rotatable bonds is 4. The Morgan fingerprint density at radius 1 is 1.25 bits per heavy atom. The molecule has 1 aromatic carbocycles. The summed E-state index contributed by atoms with van der Waals surface area (Å²) in [5.41, 5.74) is 1.85. The van der Waals surface area contributed by atoms with Gasteiger partial charge in [-0.05, 0) is 44.4 Å². The summed E-state index contributed by atoms with van der Waals surface area (Å²) >= 11 is 1.90. The normalized spacial score (nSPS) is 21.9. The van der Waals surface area contributed by atoms with Crippen LogP contribution in [0, 0.1) is 5.92 Å². The average Bonchev–Trinajstić information content (AvgIpc) is 3.40. The van der Waals surface area contributed by atoms with E-state index in [1.165, 1.54) is 0 Å². The van der Waals surface area contributed by atoms with Gasteiger partial charge in [0.05, 0.1) is 6.04 Å². The van der Waals surface area contributed by atoms with Gasteiger partial charge in [0.2, 0.25) is 5.91 Å². The van der Waals surface area contributed by atoms with Gasteiger partial charge < -0.3 is 15.5 Å². The Labute approximate surface area is 147 Å². The number of nitrogens with one attached hydrogen (secondary N) is 2. The highest BCUT2D eigenvalue weighted by atomic mass is 32.2. The van der Waals surface area contributed by atoms with Crippen molar-refractivity contribution < 1.29 is 9.59 Å². The number of carbonyl (C=O) groups is 2. The monoisotopic (exact) mass is 347 g/mol. The second kappa shape index (κ2) is 7.47. The molecule has 1 aliphatic carbocycles. The number of hydrogen-bond donors (Lipinski definition) is 2. The number of benzene rings is 1. The quantitative estimate of drug-likeness (QED) is 0.879. The summed E-state index contributed by atoms with van der Waals surface area (Å²) in [6.45, 7) is 4.88. The van der Waals surface area contributed by atoms with Crippen LogP contribution >= 0.6 is 11.8 Å². The molecule has 5 nitrogen and oxygen atoms in total. The maximum atomic E-state index is 12.4. The van der Waals surface area contributed by atoms with E-state index >= 15 is 0 Å². The molecule has 2 N–H and O–H groups in total. The lowest BCUT2D eigenvalue weighted by molar-refractivity contribution is -0.117. The lowest BCUT2D eigenvalue weighted by Crippen LogP contribution is -2.49. The standard InChI is InChI=1S/C18H25N3O2S/c1-12-11-24-10-9-21(12)18(23)19-13(2)14-5-7-16(8-6-14)20-17(22)15-3-4-15/h5-8,12-13,15H,3-4,9-11H2,1-2H3,(H,19,23)(H,20,22). The molecule has 3 amide bonds. The van der Waals surface area contributed by atoms with Gasteiger partial charge in [-0.25, -0.2) is 4.79 Å². The fourth-order valence-electron chi connectivity index (χ4n) is 2.83. The maximum Gasteiger partial charge on any atom is 0.318 e. The largest absolute Gasteiger partial charge is 0.331 e. The predicted octanol–water partition coefficient (Wildman–Crippen LogP) is 3.24. The first kappa shape index (κ1) is 17.1. The van der Waals surface area contributed by atoms with Crippen LogP contribution in [-0.2, 0) is 4.79 Å². The third-order valence-electron chi connectivity index (χ3n) is 4.59. The number of amides is 3. The molecule has 1 saturated heterocycles. The van der Waals surface area contributed by atoms with Gasteiger partial charge in [0.1, 0.15) is 0 Å². The van der Waals surface area contributed by atoms with E-state index in [-0.39, 0.29) is 29.9 Å². The van der Waals surface area contributed by atoms with E-state index in [1.807, 2.05) is 47.9 Å². The molecule has 1 saturated carbocycles. The minimum atomic E-state index is -0.0625. The first-order chi connectivity index (χ1) is 11.5. The molecule has 2 atom stereocenters. The molecular formula is C18H25N3O2S. The summed E-state index contributed by atoms with van der Waals surface area (Å²) in [6.07, 6.45) is 2.00. The molecule has 3 rings (SSSR count). The van der Waals surface area contributed by atoms with Crippen molar-refractivity contribution in [3.8, 4) is 0 Å². The van der Waals surface area contributed by atoms with Gasteiger partial charge in [-0.2, -0.15) is 11.8 Å². The number of carbonyl (C=O) groups excluding carboxylic acids is 2. The van der Waals surface area contributed by atoms with Crippen molar-refractivity contribution in [2.75, 3.05) is 23.4 Å². The van der Waals surface area contributed by atoms with Gasteiger partial charge in [0, 0.05) is 35.7 Å². The van der Waals surface area contributed by atoms with E-state index in [1.54, 1.807) is 0 Å². The maximum absolute atomic E-state index is 12.4. The highest BCUT2D eigenvalue weighted by Gasteiger charge is 2.29. The Morgan fingerprint density at radius 2 is 1.96 bits per heavy atom. The second-order valence-corrected chi connectivity index (χ2v) is 7.82. The van der Waals surface area contributed by atoms with E-state index < -0.39 is 0 Å². The smallest absolute Gasteiger partial charge is 0.318 e. The second-order valence-electron chi connectivity index (χ2n) is 6.67. The number of urea groups is 1. The van der Waals surface area contributed by atoms with Crippen LogP contribution in [0.25, 0.3) is 0 Å². The Bertz CT molecular complexity index is 601. The van der Waals surface area contributed by atoms with Crippen molar-refractivity contribution in [3.05, 3.63) is 29.8 Å². The van der Waals surface area contributed by atoms with Gasteiger partial charge >= 0.3 is 6.03 Å². The van der Waals surface area contributed by atoms with Crippen LogP contribution in [0.2, 0.25) is 0 Å². The highest BCUT2D eigenvalue weighted by molar-refractivity contribution is 7.99. The van der Waals surface area contributed by atoms with Gasteiger partial charge in [-0.15, -0.1) is 0 Å². The zero-order valence-electron chi connectivity index (χ0n) is 14.2. The number of thioether (sulfide) groups is 1. The molecular weight excluding hydrogens is 322 g/mol. The van der Waals surface area contributed by atoms with Crippen LogP contribution < -0.4 is 10.6 Å². The van der Waals surface area contributed by atoms with E-state index in [0.717, 1.165) is 42.1 Å². The van der Waals surface area contributed by atoms with Crippen LogP contribution in [0.15, 0.2) is 24.3 Å². The molecule has 2 aliphatic rings. The lowest BCUT2D eigenvalue weighted by Gasteiger charge is -2.34. The van der Waals surface area contributed by atoms with Crippen LogP contribution in [0.4, 0.5) is 10.5 Å². The average molecular weight is 347 g/mol. The van der Waals surface area contributed by atoms with Crippen molar-refractivity contribution in [2.45, 2.75) is 38.8 Å². The highest BCUT2D eigenvalue weighted by Crippen LogP contribution is 2.30. The number of nitrogens with zero attached hydrogens (tertiary/aromatic N) is 1. The van der Waals surface area contributed by atoms with E-state index in [0.29, 0.717) is 0 Å². The van der Waals surface area contributed by atoms with E-state index in [4.69, 9.17) is 0 Å². The van der Waals surface area contributed by atoms with Crippen LogP contribution in [0.1, 0.15) is 38.3 Å². The molecule has 1 aliphatic heterocycles. The van der Waals surface area contributed by atoms with Gasteiger partial charge in [-0.1, -0.05) is 12.1 Å². The van der Waals surface area contributed by atoms with Crippen molar-refractivity contribution in [3.63, 3.8) is 0 Å². The van der Waals surface area contributed by atoms with Crippen molar-refractivity contribution in [2.24, 2.45) is 5.92 Å². The fraction of sp³-hybridized carbons (Fsp3) is 0.556. The Morgan fingerprint density at radius 3 is 2.58 bits per heavy atom. The fourth-order valence-corrected chi connectivity index (χ4v) is 3.84. The zero-order chi connectivity index (χ0) is 17.1. The summed E-state index contributed by atoms with van der Waals surface area (Å²) in [5, 5.41) is 6.01. The van der Waals surface area contributed by atoms with E-state index in [2.05, 4.69) is 17.6 Å². The Kier molecular flexibility index (Phi) is 5.33. The van der Waals surface area contributed by atoms with Gasteiger partial charge in [-0.3, -0.25) is 4.79 Å². The molecule has 0 radical (unpaired) electrons. The zero-order valence-corrected chi connectivity index (χ0v) is 15.1. The molecule has 0 bridgehead atoms.